The van der Waals surface area contributed by atoms with Crippen LogP contribution in [0.1, 0.15) is 44.3 Å². The smallest absolute Gasteiger partial charge is 0.246 e. The first kappa shape index (κ1) is 12.1. The molecule has 2 saturated heterocycles. The van der Waals surface area contributed by atoms with Crippen molar-refractivity contribution in [3.05, 3.63) is 11.7 Å². The zero-order valence-electron chi connectivity index (χ0n) is 10.9. The molecular weight excluding hydrogens is 230 g/mol. The summed E-state index contributed by atoms with van der Waals surface area (Å²) in [5, 5.41) is 7.66. The molecule has 0 radical (unpaired) electrons. The maximum Gasteiger partial charge on any atom is 0.246 e. The zero-order chi connectivity index (χ0) is 12.4. The molecule has 2 aliphatic heterocycles. The average molecular weight is 251 g/mol. The normalized spacial score (nSPS) is 32.2. The summed E-state index contributed by atoms with van der Waals surface area (Å²) in [5.41, 5.74) is -0.0720. The van der Waals surface area contributed by atoms with Gasteiger partial charge >= 0.3 is 0 Å². The molecule has 0 spiro atoms. The molecule has 1 aromatic rings. The van der Waals surface area contributed by atoms with Gasteiger partial charge in [0, 0.05) is 19.6 Å². The summed E-state index contributed by atoms with van der Waals surface area (Å²) in [7, 11) is 0. The average Bonchev–Trinajstić information content (AvgIpc) is 3.10. The van der Waals surface area contributed by atoms with E-state index in [-0.39, 0.29) is 5.54 Å². The highest BCUT2D eigenvalue weighted by Gasteiger charge is 2.39. The Balaban J connectivity index is 1.71. The van der Waals surface area contributed by atoms with Crippen molar-refractivity contribution < 1.29 is 9.26 Å². The van der Waals surface area contributed by atoms with Crippen LogP contribution in [0, 0.1) is 5.92 Å². The monoisotopic (exact) mass is 251 g/mol. The number of nitrogens with one attached hydrogen (secondary N) is 1. The highest BCUT2D eigenvalue weighted by molar-refractivity contribution is 5.06. The van der Waals surface area contributed by atoms with Gasteiger partial charge in [0.1, 0.15) is 0 Å². The number of aromatic nitrogens is 2. The fourth-order valence-corrected chi connectivity index (χ4v) is 2.98. The van der Waals surface area contributed by atoms with Crippen molar-refractivity contribution in [2.75, 3.05) is 19.8 Å². The first-order valence-electron chi connectivity index (χ1n) is 6.98. The van der Waals surface area contributed by atoms with E-state index in [1.807, 2.05) is 0 Å². The van der Waals surface area contributed by atoms with Crippen LogP contribution < -0.4 is 5.32 Å². The van der Waals surface area contributed by atoms with Crippen molar-refractivity contribution in [3.8, 4) is 0 Å². The van der Waals surface area contributed by atoms with Crippen LogP contribution in [0.3, 0.4) is 0 Å². The summed E-state index contributed by atoms with van der Waals surface area (Å²) < 4.78 is 10.9. The van der Waals surface area contributed by atoms with E-state index in [0.29, 0.717) is 5.92 Å². The first-order valence-corrected chi connectivity index (χ1v) is 6.98. The number of rotatable bonds is 4. The van der Waals surface area contributed by atoms with Crippen LogP contribution in [0.25, 0.3) is 0 Å². The molecule has 0 amide bonds. The molecule has 1 N–H and O–H groups in total. The fraction of sp³-hybridized carbons (Fsp3) is 0.846. The summed E-state index contributed by atoms with van der Waals surface area (Å²) in [5.74, 6) is 2.17. The standard InChI is InChI=1S/C13H21N3O2/c1-2-13(5-3-6-14-13)12-15-11(16-18-12)8-10-4-7-17-9-10/h10,14H,2-9H2,1H3. The second-order valence-electron chi connectivity index (χ2n) is 5.42. The van der Waals surface area contributed by atoms with Crippen LogP contribution in [0.4, 0.5) is 0 Å². The van der Waals surface area contributed by atoms with Crippen molar-refractivity contribution >= 4 is 0 Å². The Morgan fingerprint density at radius 3 is 3.11 bits per heavy atom. The minimum Gasteiger partial charge on any atom is -0.381 e. The van der Waals surface area contributed by atoms with Crippen LogP contribution in [0.2, 0.25) is 0 Å². The summed E-state index contributed by atoms with van der Waals surface area (Å²) in [6, 6.07) is 0. The van der Waals surface area contributed by atoms with Crippen LogP contribution in [0.5, 0.6) is 0 Å². The summed E-state index contributed by atoms with van der Waals surface area (Å²) >= 11 is 0. The fourth-order valence-electron chi connectivity index (χ4n) is 2.98. The number of hydrogen-bond acceptors (Lipinski definition) is 5. The lowest BCUT2D eigenvalue weighted by molar-refractivity contribution is 0.185. The Bertz CT molecular complexity index is 393. The van der Waals surface area contributed by atoms with E-state index < -0.39 is 0 Å². The Kier molecular flexibility index (Phi) is 3.35. The molecule has 2 fully saturated rings. The maximum atomic E-state index is 5.49. The predicted molar refractivity (Wildman–Crippen MR) is 66.1 cm³/mol. The Morgan fingerprint density at radius 2 is 2.44 bits per heavy atom. The highest BCUT2D eigenvalue weighted by Crippen LogP contribution is 2.33. The van der Waals surface area contributed by atoms with E-state index >= 15 is 0 Å². The van der Waals surface area contributed by atoms with Gasteiger partial charge in [-0.15, -0.1) is 0 Å². The molecule has 2 unspecified atom stereocenters. The van der Waals surface area contributed by atoms with Crippen molar-refractivity contribution in [1.82, 2.24) is 15.5 Å². The van der Waals surface area contributed by atoms with Gasteiger partial charge in [-0.05, 0) is 38.1 Å². The molecule has 0 bridgehead atoms. The van der Waals surface area contributed by atoms with Crippen LogP contribution in [0.15, 0.2) is 4.52 Å². The molecule has 3 heterocycles. The molecule has 0 aromatic carbocycles. The molecule has 18 heavy (non-hydrogen) atoms. The summed E-state index contributed by atoms with van der Waals surface area (Å²) in [4.78, 5) is 4.60. The maximum absolute atomic E-state index is 5.49. The van der Waals surface area contributed by atoms with E-state index in [1.165, 1.54) is 6.42 Å². The summed E-state index contributed by atoms with van der Waals surface area (Å²) in [6.45, 7) is 4.92. The van der Waals surface area contributed by atoms with Crippen molar-refractivity contribution in [2.24, 2.45) is 5.92 Å². The minimum atomic E-state index is -0.0720. The molecule has 5 heteroatoms. The molecule has 3 rings (SSSR count). The number of ether oxygens (including phenoxy) is 1. The lowest BCUT2D eigenvalue weighted by atomic mass is 9.94. The van der Waals surface area contributed by atoms with Crippen molar-refractivity contribution in [1.29, 1.82) is 0 Å². The molecule has 0 aliphatic carbocycles. The highest BCUT2D eigenvalue weighted by atomic mass is 16.5. The Hall–Kier alpha value is -0.940. The molecule has 100 valence electrons. The number of hydrogen-bond donors (Lipinski definition) is 1. The lowest BCUT2D eigenvalue weighted by Gasteiger charge is -2.22. The van der Waals surface area contributed by atoms with Gasteiger partial charge in [0.05, 0.1) is 5.54 Å². The second-order valence-corrected chi connectivity index (χ2v) is 5.42. The quantitative estimate of drug-likeness (QED) is 0.881. The van der Waals surface area contributed by atoms with E-state index in [2.05, 4.69) is 22.4 Å². The van der Waals surface area contributed by atoms with E-state index in [0.717, 1.165) is 57.2 Å². The van der Waals surface area contributed by atoms with Crippen LogP contribution in [-0.2, 0) is 16.7 Å². The van der Waals surface area contributed by atoms with Gasteiger partial charge < -0.3 is 14.6 Å². The molecule has 5 nitrogen and oxygen atoms in total. The van der Waals surface area contributed by atoms with E-state index in [4.69, 9.17) is 9.26 Å². The van der Waals surface area contributed by atoms with Crippen LogP contribution in [-0.4, -0.2) is 29.9 Å². The van der Waals surface area contributed by atoms with Gasteiger partial charge in [-0.3, -0.25) is 0 Å². The zero-order valence-corrected chi connectivity index (χ0v) is 10.9. The van der Waals surface area contributed by atoms with E-state index in [1.54, 1.807) is 0 Å². The van der Waals surface area contributed by atoms with E-state index in [9.17, 15) is 0 Å². The Morgan fingerprint density at radius 1 is 1.50 bits per heavy atom. The third kappa shape index (κ3) is 2.17. The minimum absolute atomic E-state index is 0.0720. The SMILES string of the molecule is CCC1(c2nc(CC3CCOC3)no2)CCCN1. The predicted octanol–water partition coefficient (Wildman–Crippen LogP) is 1.64. The Labute approximate surface area is 107 Å². The van der Waals surface area contributed by atoms with Gasteiger partial charge in [-0.1, -0.05) is 12.1 Å². The van der Waals surface area contributed by atoms with Crippen molar-refractivity contribution in [3.63, 3.8) is 0 Å². The lowest BCUT2D eigenvalue weighted by Crippen LogP contribution is -2.36. The second kappa shape index (κ2) is 4.97. The first-order chi connectivity index (χ1) is 8.82. The molecule has 0 saturated carbocycles. The van der Waals surface area contributed by atoms with Gasteiger partial charge in [0.15, 0.2) is 5.82 Å². The number of nitrogens with zero attached hydrogens (tertiary/aromatic N) is 2. The van der Waals surface area contributed by atoms with Gasteiger partial charge in [-0.25, -0.2) is 0 Å². The molecule has 2 aliphatic rings. The molecule has 1 aromatic heterocycles. The van der Waals surface area contributed by atoms with Crippen molar-refractivity contribution in [2.45, 2.75) is 44.6 Å². The summed E-state index contributed by atoms with van der Waals surface area (Å²) in [6.07, 6.45) is 5.27. The third-order valence-corrected chi connectivity index (χ3v) is 4.22. The topological polar surface area (TPSA) is 60.2 Å². The molecular formula is C13H21N3O2. The van der Waals surface area contributed by atoms with Crippen LogP contribution >= 0.6 is 0 Å². The van der Waals surface area contributed by atoms with Gasteiger partial charge in [0.2, 0.25) is 5.89 Å². The largest absolute Gasteiger partial charge is 0.381 e. The molecule has 2 atom stereocenters. The van der Waals surface area contributed by atoms with Gasteiger partial charge in [-0.2, -0.15) is 4.98 Å². The van der Waals surface area contributed by atoms with Gasteiger partial charge in [0.25, 0.3) is 0 Å². The third-order valence-electron chi connectivity index (χ3n) is 4.22.